The van der Waals surface area contributed by atoms with Gasteiger partial charge in [-0.2, -0.15) is 0 Å². The fourth-order valence-electron chi connectivity index (χ4n) is 1.54. The summed E-state index contributed by atoms with van der Waals surface area (Å²) in [5, 5.41) is 9.37. The summed E-state index contributed by atoms with van der Waals surface area (Å²) in [6.07, 6.45) is 1.14. The normalized spacial score (nSPS) is 11.2. The summed E-state index contributed by atoms with van der Waals surface area (Å²) in [6.45, 7) is 0. The van der Waals surface area contributed by atoms with Gasteiger partial charge in [0, 0.05) is 25.4 Å². The molecule has 2 aromatic rings. The van der Waals surface area contributed by atoms with E-state index < -0.39 is 10.0 Å². The van der Waals surface area contributed by atoms with E-state index in [-0.39, 0.29) is 16.2 Å². The van der Waals surface area contributed by atoms with Gasteiger partial charge in [0.25, 0.3) is 10.0 Å². The molecule has 0 aliphatic rings. The molecule has 2 N–H and O–H groups in total. The molecule has 19 heavy (non-hydrogen) atoms. The molecular formula is C12H12N2O4S. The lowest BCUT2D eigenvalue weighted by Crippen LogP contribution is -2.27. The molecule has 0 bridgehead atoms. The summed E-state index contributed by atoms with van der Waals surface area (Å²) < 4.78 is 25.6. The van der Waals surface area contributed by atoms with E-state index in [1.807, 2.05) is 0 Å². The standard InChI is InChI=1S/C12H12N2O4S/c1-14(9-3-2-4-10(15)7-9)19(17,18)11-5-6-12(16)13-8-11/h2-8,15H,1H3,(H,13,16). The van der Waals surface area contributed by atoms with Crippen LogP contribution in [0.3, 0.4) is 0 Å². The Morgan fingerprint density at radius 2 is 1.95 bits per heavy atom. The van der Waals surface area contributed by atoms with Crippen LogP contribution in [0, 0.1) is 0 Å². The molecule has 0 amide bonds. The van der Waals surface area contributed by atoms with Gasteiger partial charge >= 0.3 is 0 Å². The highest BCUT2D eigenvalue weighted by Crippen LogP contribution is 2.24. The van der Waals surface area contributed by atoms with Crippen LogP contribution in [-0.4, -0.2) is 25.6 Å². The van der Waals surface area contributed by atoms with Gasteiger partial charge in [0.15, 0.2) is 0 Å². The highest BCUT2D eigenvalue weighted by molar-refractivity contribution is 7.92. The number of phenols is 1. The number of hydrogen-bond donors (Lipinski definition) is 2. The predicted octanol–water partition coefficient (Wildman–Crippen LogP) is 0.906. The molecule has 0 radical (unpaired) electrons. The molecule has 1 heterocycles. The van der Waals surface area contributed by atoms with Gasteiger partial charge in [0.2, 0.25) is 5.56 Å². The maximum Gasteiger partial charge on any atom is 0.265 e. The number of rotatable bonds is 3. The van der Waals surface area contributed by atoms with Crippen molar-refractivity contribution in [2.75, 3.05) is 11.4 Å². The highest BCUT2D eigenvalue weighted by Gasteiger charge is 2.21. The smallest absolute Gasteiger partial charge is 0.265 e. The van der Waals surface area contributed by atoms with Crippen LogP contribution >= 0.6 is 0 Å². The summed E-state index contributed by atoms with van der Waals surface area (Å²) in [6, 6.07) is 8.26. The average molecular weight is 280 g/mol. The molecule has 7 heteroatoms. The Morgan fingerprint density at radius 3 is 2.53 bits per heavy atom. The summed E-state index contributed by atoms with van der Waals surface area (Å²) in [4.78, 5) is 13.2. The Morgan fingerprint density at radius 1 is 1.21 bits per heavy atom. The zero-order valence-electron chi connectivity index (χ0n) is 10.1. The minimum absolute atomic E-state index is 0.0268. The summed E-state index contributed by atoms with van der Waals surface area (Å²) in [7, 11) is -2.40. The molecule has 0 aliphatic carbocycles. The van der Waals surface area contributed by atoms with Gasteiger partial charge in [0.1, 0.15) is 10.6 Å². The minimum atomic E-state index is -3.77. The Labute approximate surface area is 110 Å². The summed E-state index contributed by atoms with van der Waals surface area (Å²) in [5.74, 6) is -0.0268. The molecule has 100 valence electrons. The van der Waals surface area contributed by atoms with E-state index in [0.29, 0.717) is 5.69 Å². The van der Waals surface area contributed by atoms with Gasteiger partial charge in [-0.1, -0.05) is 6.07 Å². The van der Waals surface area contributed by atoms with Crippen molar-refractivity contribution in [1.82, 2.24) is 4.98 Å². The quantitative estimate of drug-likeness (QED) is 0.874. The van der Waals surface area contributed by atoms with Crippen LogP contribution in [0.4, 0.5) is 5.69 Å². The fourth-order valence-corrected chi connectivity index (χ4v) is 2.70. The van der Waals surface area contributed by atoms with Crippen molar-refractivity contribution in [3.63, 3.8) is 0 Å². The Balaban J connectivity index is 2.45. The number of aromatic nitrogens is 1. The third-order valence-electron chi connectivity index (χ3n) is 2.61. The number of H-pyrrole nitrogens is 1. The second kappa shape index (κ2) is 4.77. The number of pyridine rings is 1. The topological polar surface area (TPSA) is 90.5 Å². The van der Waals surface area contributed by atoms with Gasteiger partial charge in [-0.3, -0.25) is 9.10 Å². The van der Waals surface area contributed by atoms with E-state index >= 15 is 0 Å². The molecule has 0 aliphatic heterocycles. The number of phenolic OH excluding ortho intramolecular Hbond substituents is 1. The van der Waals surface area contributed by atoms with E-state index in [1.54, 1.807) is 12.1 Å². The van der Waals surface area contributed by atoms with Gasteiger partial charge in [0.05, 0.1) is 5.69 Å². The number of aromatic hydroxyl groups is 1. The van der Waals surface area contributed by atoms with Gasteiger partial charge in [-0.15, -0.1) is 0 Å². The minimum Gasteiger partial charge on any atom is -0.508 e. The number of aromatic amines is 1. The van der Waals surface area contributed by atoms with Gasteiger partial charge < -0.3 is 10.1 Å². The van der Waals surface area contributed by atoms with Crippen molar-refractivity contribution >= 4 is 15.7 Å². The first-order valence-corrected chi connectivity index (χ1v) is 6.82. The lowest BCUT2D eigenvalue weighted by Gasteiger charge is -2.19. The molecule has 0 fully saturated rings. The largest absolute Gasteiger partial charge is 0.508 e. The van der Waals surface area contributed by atoms with Crippen molar-refractivity contribution in [2.45, 2.75) is 4.90 Å². The maximum absolute atomic E-state index is 12.3. The van der Waals surface area contributed by atoms with Crippen molar-refractivity contribution in [3.8, 4) is 5.75 Å². The van der Waals surface area contributed by atoms with Gasteiger partial charge in [-0.05, 0) is 18.2 Å². The number of anilines is 1. The van der Waals surface area contributed by atoms with E-state index in [4.69, 9.17) is 0 Å². The number of hydrogen-bond acceptors (Lipinski definition) is 4. The third-order valence-corrected chi connectivity index (χ3v) is 4.39. The monoisotopic (exact) mass is 280 g/mol. The predicted molar refractivity (Wildman–Crippen MR) is 70.8 cm³/mol. The van der Waals surface area contributed by atoms with Crippen LogP contribution in [-0.2, 0) is 10.0 Å². The first kappa shape index (κ1) is 13.2. The van der Waals surface area contributed by atoms with E-state index in [2.05, 4.69) is 4.98 Å². The lowest BCUT2D eigenvalue weighted by molar-refractivity contribution is 0.475. The third kappa shape index (κ3) is 2.60. The first-order chi connectivity index (χ1) is 8.91. The number of nitrogens with zero attached hydrogens (tertiary/aromatic N) is 1. The van der Waals surface area contributed by atoms with E-state index in [0.717, 1.165) is 16.6 Å². The summed E-state index contributed by atoms with van der Waals surface area (Å²) >= 11 is 0. The fraction of sp³-hybridized carbons (Fsp3) is 0.0833. The molecule has 0 saturated heterocycles. The van der Waals surface area contributed by atoms with E-state index in [1.165, 1.54) is 25.2 Å². The Kier molecular flexibility index (Phi) is 3.30. The molecular weight excluding hydrogens is 268 g/mol. The van der Waals surface area contributed by atoms with Crippen molar-refractivity contribution < 1.29 is 13.5 Å². The highest BCUT2D eigenvalue weighted by atomic mass is 32.2. The zero-order chi connectivity index (χ0) is 14.0. The molecule has 0 spiro atoms. The van der Waals surface area contributed by atoms with Crippen molar-refractivity contribution in [2.24, 2.45) is 0 Å². The number of nitrogens with one attached hydrogen (secondary N) is 1. The van der Waals surface area contributed by atoms with Crippen LogP contribution in [0.1, 0.15) is 0 Å². The van der Waals surface area contributed by atoms with Crippen LogP contribution < -0.4 is 9.86 Å². The summed E-state index contributed by atoms with van der Waals surface area (Å²) in [5.41, 5.74) is -0.0508. The Bertz CT molecular complexity index is 732. The molecule has 0 unspecified atom stereocenters. The lowest BCUT2D eigenvalue weighted by atomic mass is 10.3. The van der Waals surface area contributed by atoms with Crippen molar-refractivity contribution in [1.29, 1.82) is 0 Å². The number of benzene rings is 1. The van der Waals surface area contributed by atoms with Crippen LogP contribution in [0.2, 0.25) is 0 Å². The molecule has 2 rings (SSSR count). The molecule has 0 atom stereocenters. The van der Waals surface area contributed by atoms with Crippen LogP contribution in [0.15, 0.2) is 52.3 Å². The van der Waals surface area contributed by atoms with E-state index in [9.17, 15) is 18.3 Å². The van der Waals surface area contributed by atoms with Gasteiger partial charge in [-0.25, -0.2) is 8.42 Å². The first-order valence-electron chi connectivity index (χ1n) is 5.38. The second-order valence-corrected chi connectivity index (χ2v) is 5.85. The average Bonchev–Trinajstić information content (AvgIpc) is 2.38. The zero-order valence-corrected chi connectivity index (χ0v) is 10.9. The molecule has 1 aromatic carbocycles. The Hall–Kier alpha value is -2.28. The van der Waals surface area contributed by atoms with Crippen molar-refractivity contribution in [3.05, 3.63) is 52.9 Å². The maximum atomic E-state index is 12.3. The molecule has 6 nitrogen and oxygen atoms in total. The molecule has 1 aromatic heterocycles. The van der Waals surface area contributed by atoms with Crippen LogP contribution in [0.5, 0.6) is 5.75 Å². The SMILES string of the molecule is CN(c1cccc(O)c1)S(=O)(=O)c1ccc(=O)[nH]c1. The number of sulfonamides is 1. The molecule has 0 saturated carbocycles. The second-order valence-electron chi connectivity index (χ2n) is 3.88. The van der Waals surface area contributed by atoms with Crippen LogP contribution in [0.25, 0.3) is 0 Å².